The Morgan fingerprint density at radius 1 is 0.323 bits per heavy atom. The maximum atomic E-state index is 15.0. The molecule has 3 aromatic heterocycles. The molecule has 7 nitrogen and oxygen atoms in total. The number of imidazole rings is 3. The second-order valence-electron chi connectivity index (χ2n) is 22.4. The third-order valence-electron chi connectivity index (χ3n) is 17.0. The molecule has 444 valence electrons. The van der Waals surface area contributed by atoms with Gasteiger partial charge in [-0.3, -0.25) is 13.7 Å². The second kappa shape index (κ2) is 27.4. The summed E-state index contributed by atoms with van der Waals surface area (Å²) in [4.78, 5) is 15.9. The molecule has 16 aromatic rings. The van der Waals surface area contributed by atoms with Gasteiger partial charge in [-0.2, -0.15) is 0 Å². The Hall–Kier alpha value is -10.1. The van der Waals surface area contributed by atoms with Gasteiger partial charge in [-0.05, 0) is 112 Å². The Kier molecular flexibility index (Phi) is 17.5. The van der Waals surface area contributed by atoms with E-state index in [0.717, 1.165) is 100 Å². The van der Waals surface area contributed by atoms with E-state index in [9.17, 15) is 0 Å². The highest BCUT2D eigenvalue weighted by Crippen LogP contribution is 2.43. The van der Waals surface area contributed by atoms with E-state index in [1.807, 2.05) is 119 Å². The molecule has 3 heterocycles. The number of hydrogen-bond acceptors (Lipinski definition) is 4. The zero-order valence-electron chi connectivity index (χ0n) is 51.5. The Balaban J connectivity index is 0.000000159. The Morgan fingerprint density at radius 3 is 0.839 bits per heavy atom. The van der Waals surface area contributed by atoms with Crippen LogP contribution >= 0.6 is 35.2 Å². The molecule has 16 rings (SSSR count). The summed E-state index contributed by atoms with van der Waals surface area (Å²) in [5, 5.41) is 7.78. The Bertz CT molecular complexity index is 4800. The maximum Gasteiger partial charge on any atom is 0.179 e. The van der Waals surface area contributed by atoms with Crippen molar-refractivity contribution in [3.63, 3.8) is 0 Å². The van der Waals surface area contributed by atoms with Gasteiger partial charge < -0.3 is 4.57 Å². The summed E-state index contributed by atoms with van der Waals surface area (Å²) in [5.41, 5.74) is 11.9. The molecule has 0 aliphatic rings. The van der Waals surface area contributed by atoms with E-state index in [-0.39, 0.29) is 0 Å². The lowest BCUT2D eigenvalue weighted by Gasteiger charge is -2.34. The molecular weight excluding hydrogens is 1300 g/mol. The number of halogens is 1. The van der Waals surface area contributed by atoms with E-state index in [2.05, 4.69) is 275 Å². The molecule has 0 aliphatic carbocycles. The molecule has 0 amide bonds. The minimum absolute atomic E-state index is 0.843. The number of fused-ring (bicyclic) bond motifs is 3. The van der Waals surface area contributed by atoms with Crippen molar-refractivity contribution in [2.24, 2.45) is 0 Å². The number of hydrogen-bond donors (Lipinski definition) is 0. The van der Waals surface area contributed by atoms with E-state index in [0.29, 0.717) is 0 Å². The van der Waals surface area contributed by atoms with E-state index in [1.54, 1.807) is 0 Å². The molecule has 1 atom stereocenters. The first-order chi connectivity index (χ1) is 46.3. The highest BCUT2D eigenvalue weighted by atomic mass is 127. The third-order valence-corrected chi connectivity index (χ3v) is 24.8. The summed E-state index contributed by atoms with van der Waals surface area (Å²) >= 11 is 1.85. The standard InChI is InChI=1S/C45H30N6.C36H29OPSi.BHIP/c1-4-16-34(17-5-1)49-40-25-13-10-22-37(40)46-43(49)31-28-32(44-47-38-23-11-14-26-41(38)50(44)35-18-6-2-7-19-35)30-33(29-31)45-48-39-24-12-15-27-42(39)51(45)36-20-8-3-9-21-36;37-38(30-16-6-1-7-17-30,31-18-8-2-9-19-31)32-26-28-36(29-27-32)39(33-20-10-3-11-21-33,34-22-12-4-13-23-34)35-24-14-5-15-25-35;1-3-2/h1-30H;1-29H;3H/i;;3T. The minimum Gasteiger partial charge on any atom is -0.309 e. The Morgan fingerprint density at radius 2 is 0.548 bits per heavy atom. The van der Waals surface area contributed by atoms with Crippen molar-refractivity contribution in [3.05, 3.63) is 358 Å². The summed E-state index contributed by atoms with van der Waals surface area (Å²) in [7, 11) is -0.850. The molecule has 93 heavy (non-hydrogen) atoms. The summed E-state index contributed by atoms with van der Waals surface area (Å²) in [6, 6.07) is 123. The van der Waals surface area contributed by atoms with Crippen LogP contribution in [0.1, 0.15) is 0 Å². The van der Waals surface area contributed by atoms with Crippen LogP contribution in [-0.4, -0.2) is 45.6 Å². The van der Waals surface area contributed by atoms with Gasteiger partial charge in [0.2, 0.25) is 0 Å². The van der Waals surface area contributed by atoms with Crippen molar-refractivity contribution in [2.45, 2.75) is 0 Å². The van der Waals surface area contributed by atoms with E-state index in [1.165, 1.54) is 20.7 Å². The van der Waals surface area contributed by atoms with Crippen LogP contribution < -0.4 is 36.7 Å². The smallest absolute Gasteiger partial charge is 0.179 e. The van der Waals surface area contributed by atoms with Crippen LogP contribution in [0, 0.1) is 0 Å². The second-order valence-corrected chi connectivity index (χ2v) is 30.8. The first-order valence-corrected chi connectivity index (χ1v) is 38.2. The average molecular weight is 1360 g/mol. The minimum atomic E-state index is -3.05. The zero-order valence-corrected chi connectivity index (χ0v) is 55.5. The van der Waals surface area contributed by atoms with Gasteiger partial charge in [0.15, 0.2) is 15.2 Å². The molecule has 0 aliphatic heterocycles. The van der Waals surface area contributed by atoms with Crippen molar-refractivity contribution in [1.82, 2.24) is 28.7 Å². The number of aromatic nitrogens is 6. The normalized spacial score (nSPS) is 11.9. The van der Waals surface area contributed by atoms with Gasteiger partial charge in [0.1, 0.15) is 25.0 Å². The lowest BCUT2D eigenvalue weighted by atomic mass is 10.0. The quantitative estimate of drug-likeness (QED) is 0.0499. The summed E-state index contributed by atoms with van der Waals surface area (Å²) in [6.07, 6.45) is 0. The van der Waals surface area contributed by atoms with Crippen LogP contribution in [0.4, 0.5) is 0 Å². The van der Waals surface area contributed by atoms with E-state index < -0.39 is 21.3 Å². The molecular formula is C81H60BIN6OP2Si. The first-order valence-electron chi connectivity index (χ1n) is 31.2. The molecule has 2 radical (unpaired) electrons. The van der Waals surface area contributed by atoms with Crippen molar-refractivity contribution in [2.75, 3.05) is 0 Å². The molecule has 0 spiro atoms. The maximum absolute atomic E-state index is 15.0. The van der Waals surface area contributed by atoms with Gasteiger partial charge in [0, 0.05) is 49.7 Å². The molecule has 1 unspecified atom stereocenters. The van der Waals surface area contributed by atoms with Crippen LogP contribution in [0.25, 0.3) is 84.3 Å². The fourth-order valence-corrected chi connectivity index (χ4v) is 20.3. The summed E-state index contributed by atoms with van der Waals surface area (Å²) < 4.78 is 28.2. The average Bonchev–Trinajstić information content (AvgIpc) is 0.833. The highest BCUT2D eigenvalue weighted by molar-refractivity contribution is 14.2. The lowest BCUT2D eigenvalue weighted by Crippen LogP contribution is -2.74. The van der Waals surface area contributed by atoms with Gasteiger partial charge >= 0.3 is 0 Å². The van der Waals surface area contributed by atoms with Crippen LogP contribution in [-0.2, 0) is 4.57 Å². The van der Waals surface area contributed by atoms with Gasteiger partial charge in [-0.25, -0.2) is 15.0 Å². The van der Waals surface area contributed by atoms with Crippen LogP contribution in [0.3, 0.4) is 0 Å². The highest BCUT2D eigenvalue weighted by Gasteiger charge is 2.42. The van der Waals surface area contributed by atoms with E-state index >= 15 is 4.57 Å². The van der Waals surface area contributed by atoms with Crippen molar-refractivity contribution < 1.29 is 4.57 Å². The number of para-hydroxylation sites is 9. The zero-order chi connectivity index (χ0) is 63.9. The van der Waals surface area contributed by atoms with Gasteiger partial charge in [-0.15, -0.1) is 6.05 Å². The van der Waals surface area contributed by atoms with E-state index in [4.69, 9.17) is 23.8 Å². The van der Waals surface area contributed by atoms with Gasteiger partial charge in [0.25, 0.3) is 0 Å². The fraction of sp³-hybridized carbons (Fsp3) is 0. The largest absolute Gasteiger partial charge is 0.309 e. The molecule has 0 N–H and O–H groups in total. The Labute approximate surface area is 560 Å². The number of nitrogens with zero attached hydrogens (tertiary/aromatic N) is 6. The molecule has 0 saturated carbocycles. The monoisotopic (exact) mass is 1360 g/mol. The van der Waals surface area contributed by atoms with Gasteiger partial charge in [0.05, 0.1) is 34.4 Å². The molecule has 13 aromatic carbocycles. The fourth-order valence-electron chi connectivity index (χ4n) is 12.9. The van der Waals surface area contributed by atoms with Crippen molar-refractivity contribution >= 4 is 121 Å². The van der Waals surface area contributed by atoms with Crippen LogP contribution in [0.5, 0.6) is 0 Å². The number of rotatable bonds is 13. The van der Waals surface area contributed by atoms with Crippen LogP contribution in [0.2, 0.25) is 0 Å². The summed E-state index contributed by atoms with van der Waals surface area (Å²) in [6.45, 7) is 0. The molecule has 12 heteroatoms. The predicted octanol–water partition coefficient (Wildman–Crippen LogP) is 16.5. The lowest BCUT2D eigenvalue weighted by molar-refractivity contribution is 0.592. The number of benzene rings is 13. The van der Waals surface area contributed by atoms with Crippen LogP contribution in [0.15, 0.2) is 358 Å². The molecule has 0 saturated heterocycles. The SMILES string of the molecule is O=P(c1ccccc1)(c1ccccc1)c1ccc([Si](c2ccccc2)(c2ccccc2)c2ccccc2)cc1.[3H]P([B])I.c1ccc(-n2c(-c3cc(-c4nc5ccccc5n4-c4ccccc4)cc(-c4nc5ccccc5n4-c4ccccc4)c3)nc3ccccc32)cc1. The predicted molar refractivity (Wildman–Crippen MR) is 404 cm³/mol. The van der Waals surface area contributed by atoms with Crippen molar-refractivity contribution in [3.8, 4) is 51.2 Å². The molecule has 0 fully saturated rings. The van der Waals surface area contributed by atoms with Crippen molar-refractivity contribution in [1.29, 1.82) is 1.28 Å². The molecule has 0 bridgehead atoms. The summed E-state index contributed by atoms with van der Waals surface area (Å²) in [5.74, 6) is 2.53. The third kappa shape index (κ3) is 11.8. The topological polar surface area (TPSA) is 70.5 Å². The first kappa shape index (κ1) is 59.3. The van der Waals surface area contributed by atoms with Gasteiger partial charge in [-0.1, -0.05) is 289 Å².